The summed E-state index contributed by atoms with van der Waals surface area (Å²) < 4.78 is 5.21. The van der Waals surface area contributed by atoms with E-state index in [2.05, 4.69) is 4.98 Å². The summed E-state index contributed by atoms with van der Waals surface area (Å²) in [6, 6.07) is 1.05. The molecule has 6 nitrogen and oxygen atoms in total. The number of carboxylic acid groups (broad SMARTS) is 1. The first kappa shape index (κ1) is 14.7. The molecule has 2 unspecified atom stereocenters. The minimum atomic E-state index is -0.959. The summed E-state index contributed by atoms with van der Waals surface area (Å²) in [6.45, 7) is 2.52. The Kier molecular flexibility index (Phi) is 4.57. The number of aliphatic carboxylic acids is 1. The first-order valence-electron chi connectivity index (χ1n) is 6.27. The number of hydrogen-bond acceptors (Lipinski definition) is 4. The van der Waals surface area contributed by atoms with Gasteiger partial charge in [0.25, 0.3) is 5.91 Å². The molecule has 0 saturated carbocycles. The number of halogens is 1. The van der Waals surface area contributed by atoms with Crippen LogP contribution in [0.25, 0.3) is 0 Å². The number of carbonyl (C=O) groups is 2. The van der Waals surface area contributed by atoms with Crippen LogP contribution in [0.1, 0.15) is 17.3 Å². The maximum atomic E-state index is 12.5. The third kappa shape index (κ3) is 2.76. The van der Waals surface area contributed by atoms with Crippen LogP contribution in [-0.4, -0.2) is 52.7 Å². The van der Waals surface area contributed by atoms with E-state index < -0.39 is 17.9 Å². The predicted molar refractivity (Wildman–Crippen MR) is 71.7 cm³/mol. The van der Waals surface area contributed by atoms with Gasteiger partial charge in [0.1, 0.15) is 5.92 Å². The average Bonchev–Trinajstić information content (AvgIpc) is 2.89. The quantitative estimate of drug-likeness (QED) is 0.906. The smallest absolute Gasteiger partial charge is 0.311 e. The number of ether oxygens (including phenoxy) is 1. The second-order valence-corrected chi connectivity index (χ2v) is 4.90. The largest absolute Gasteiger partial charge is 0.481 e. The van der Waals surface area contributed by atoms with Gasteiger partial charge < -0.3 is 14.7 Å². The molecule has 1 aliphatic rings. The molecule has 1 N–H and O–H groups in total. The van der Waals surface area contributed by atoms with E-state index in [9.17, 15) is 14.7 Å². The zero-order valence-corrected chi connectivity index (χ0v) is 11.7. The molecular weight excluding hydrogens is 284 g/mol. The molecule has 1 fully saturated rings. The van der Waals surface area contributed by atoms with Crippen LogP contribution in [0.5, 0.6) is 0 Å². The van der Waals surface area contributed by atoms with Crippen LogP contribution in [0.4, 0.5) is 0 Å². The summed E-state index contributed by atoms with van der Waals surface area (Å²) in [5.41, 5.74) is 0.319. The van der Waals surface area contributed by atoms with Crippen LogP contribution in [0.2, 0.25) is 5.02 Å². The lowest BCUT2D eigenvalue weighted by Gasteiger charge is -2.29. The topological polar surface area (TPSA) is 79.7 Å². The number of hydrogen-bond donors (Lipinski definition) is 1. The first-order chi connectivity index (χ1) is 9.56. The highest BCUT2D eigenvalue weighted by atomic mass is 35.5. The van der Waals surface area contributed by atoms with Crippen molar-refractivity contribution in [3.63, 3.8) is 0 Å². The molecular formula is C13H15ClN2O4. The summed E-state index contributed by atoms with van der Waals surface area (Å²) in [5.74, 6) is -1.97. The molecule has 0 aliphatic carbocycles. The summed E-state index contributed by atoms with van der Waals surface area (Å²) in [6.07, 6.45) is 2.87. The Bertz CT molecular complexity index is 523. The maximum Gasteiger partial charge on any atom is 0.311 e. The van der Waals surface area contributed by atoms with Gasteiger partial charge in [0.05, 0.1) is 29.8 Å². The zero-order chi connectivity index (χ0) is 14.7. The molecule has 20 heavy (non-hydrogen) atoms. The van der Waals surface area contributed by atoms with Crippen molar-refractivity contribution in [2.24, 2.45) is 5.92 Å². The molecule has 0 radical (unpaired) electrons. The number of aromatic nitrogens is 1. The number of carbonyl (C=O) groups excluding carboxylic acids is 1. The van der Waals surface area contributed by atoms with Crippen LogP contribution in [-0.2, 0) is 9.53 Å². The lowest BCUT2D eigenvalue weighted by molar-refractivity contribution is -0.142. The second-order valence-electron chi connectivity index (χ2n) is 4.50. The standard InChI is InChI=1S/C13H15ClN2O4/c1-2-16(11-7-20-6-9(11)13(18)19)12(17)8-3-4-15-5-10(8)14/h3-5,9,11H,2,6-7H2,1H3,(H,18,19). The predicted octanol–water partition coefficient (Wildman–Crippen LogP) is 1.30. The van der Waals surface area contributed by atoms with Crippen molar-refractivity contribution in [1.29, 1.82) is 0 Å². The fourth-order valence-electron chi connectivity index (χ4n) is 2.32. The number of nitrogens with zero attached hydrogens (tertiary/aromatic N) is 2. The first-order valence-corrected chi connectivity index (χ1v) is 6.65. The van der Waals surface area contributed by atoms with E-state index in [0.717, 1.165) is 0 Å². The maximum absolute atomic E-state index is 12.5. The van der Waals surface area contributed by atoms with Crippen molar-refractivity contribution in [2.45, 2.75) is 13.0 Å². The minimum absolute atomic E-state index is 0.119. The molecule has 7 heteroatoms. The lowest BCUT2D eigenvalue weighted by Crippen LogP contribution is -2.46. The number of likely N-dealkylation sites (N-methyl/N-ethyl adjacent to an activating group) is 1. The Labute approximate surface area is 121 Å². The highest BCUT2D eigenvalue weighted by Gasteiger charge is 2.39. The van der Waals surface area contributed by atoms with Crippen LogP contribution >= 0.6 is 11.6 Å². The highest BCUT2D eigenvalue weighted by Crippen LogP contribution is 2.24. The Morgan fingerprint density at radius 3 is 2.90 bits per heavy atom. The molecule has 2 rings (SSSR count). The summed E-state index contributed by atoms with van der Waals surface area (Å²) in [5, 5.41) is 9.43. The monoisotopic (exact) mass is 298 g/mol. The molecule has 2 atom stereocenters. The number of rotatable bonds is 4. The number of amides is 1. The van der Waals surface area contributed by atoms with Crippen LogP contribution in [0, 0.1) is 5.92 Å². The molecule has 2 heterocycles. The van der Waals surface area contributed by atoms with E-state index in [1.165, 1.54) is 23.4 Å². The molecule has 0 aromatic carbocycles. The van der Waals surface area contributed by atoms with Crippen LogP contribution in [0.15, 0.2) is 18.5 Å². The molecule has 108 valence electrons. The third-order valence-electron chi connectivity index (χ3n) is 3.37. The van der Waals surface area contributed by atoms with Gasteiger partial charge in [-0.1, -0.05) is 11.6 Å². The van der Waals surface area contributed by atoms with Gasteiger partial charge in [-0.25, -0.2) is 0 Å². The van der Waals surface area contributed by atoms with Gasteiger partial charge >= 0.3 is 5.97 Å². The van der Waals surface area contributed by atoms with E-state index in [1.54, 1.807) is 6.92 Å². The third-order valence-corrected chi connectivity index (χ3v) is 3.67. The highest BCUT2D eigenvalue weighted by molar-refractivity contribution is 6.33. The van der Waals surface area contributed by atoms with E-state index in [0.29, 0.717) is 12.1 Å². The van der Waals surface area contributed by atoms with Crippen molar-refractivity contribution in [3.05, 3.63) is 29.0 Å². The van der Waals surface area contributed by atoms with Gasteiger partial charge in [-0.3, -0.25) is 14.6 Å². The van der Waals surface area contributed by atoms with Crippen molar-refractivity contribution < 1.29 is 19.4 Å². The van der Waals surface area contributed by atoms with Gasteiger partial charge in [0, 0.05) is 18.9 Å². The lowest BCUT2D eigenvalue weighted by atomic mass is 10.0. The Morgan fingerprint density at radius 1 is 1.55 bits per heavy atom. The summed E-state index contributed by atoms with van der Waals surface area (Å²) >= 11 is 5.97. The summed E-state index contributed by atoms with van der Waals surface area (Å²) in [7, 11) is 0. The van der Waals surface area contributed by atoms with E-state index >= 15 is 0 Å². The SMILES string of the molecule is CCN(C(=O)c1ccncc1Cl)C1COCC1C(=O)O. The molecule has 1 aromatic rings. The fourth-order valence-corrected chi connectivity index (χ4v) is 2.52. The summed E-state index contributed by atoms with van der Waals surface area (Å²) in [4.78, 5) is 29.0. The van der Waals surface area contributed by atoms with Gasteiger partial charge in [0.15, 0.2) is 0 Å². The molecule has 1 aromatic heterocycles. The fraction of sp³-hybridized carbons (Fsp3) is 0.462. The number of pyridine rings is 1. The molecule has 1 aliphatic heterocycles. The van der Waals surface area contributed by atoms with Crippen molar-refractivity contribution in [1.82, 2.24) is 9.88 Å². The molecule has 0 bridgehead atoms. The normalized spacial score (nSPS) is 21.7. The zero-order valence-electron chi connectivity index (χ0n) is 11.0. The average molecular weight is 299 g/mol. The molecule has 0 spiro atoms. The van der Waals surface area contributed by atoms with Crippen LogP contribution < -0.4 is 0 Å². The molecule has 1 saturated heterocycles. The van der Waals surface area contributed by atoms with Gasteiger partial charge in [-0.05, 0) is 13.0 Å². The van der Waals surface area contributed by atoms with Crippen LogP contribution in [0.3, 0.4) is 0 Å². The van der Waals surface area contributed by atoms with E-state index in [4.69, 9.17) is 16.3 Å². The van der Waals surface area contributed by atoms with Gasteiger partial charge in [0.2, 0.25) is 0 Å². The Balaban J connectivity index is 2.26. The van der Waals surface area contributed by atoms with E-state index in [1.807, 2.05) is 0 Å². The van der Waals surface area contributed by atoms with E-state index in [-0.39, 0.29) is 24.1 Å². The van der Waals surface area contributed by atoms with Gasteiger partial charge in [-0.15, -0.1) is 0 Å². The van der Waals surface area contributed by atoms with Crippen molar-refractivity contribution >= 4 is 23.5 Å². The minimum Gasteiger partial charge on any atom is -0.481 e. The Morgan fingerprint density at radius 2 is 2.30 bits per heavy atom. The Hall–Kier alpha value is -1.66. The van der Waals surface area contributed by atoms with Crippen molar-refractivity contribution in [2.75, 3.05) is 19.8 Å². The second kappa shape index (κ2) is 6.19. The number of carboxylic acids is 1. The molecule has 1 amide bonds. The van der Waals surface area contributed by atoms with Crippen molar-refractivity contribution in [3.8, 4) is 0 Å². The van der Waals surface area contributed by atoms with Gasteiger partial charge in [-0.2, -0.15) is 0 Å².